The van der Waals surface area contributed by atoms with E-state index in [1.165, 1.54) is 11.3 Å². The molecular formula is C29H24ClNO6. The number of ether oxygens (including phenoxy) is 2. The molecule has 2 N–H and O–H groups in total. The summed E-state index contributed by atoms with van der Waals surface area (Å²) in [4.78, 5) is 27.0. The second-order valence-corrected chi connectivity index (χ2v) is 10.5. The molecule has 3 aromatic rings. The van der Waals surface area contributed by atoms with E-state index in [1.54, 1.807) is 18.2 Å². The first kappa shape index (κ1) is 22.5. The third-order valence-electron chi connectivity index (χ3n) is 8.09. The van der Waals surface area contributed by atoms with Crippen molar-refractivity contribution in [2.45, 2.75) is 44.1 Å². The molecule has 0 radical (unpaired) electrons. The number of hydrogen-bond acceptors (Lipinski definition) is 6. The maximum atomic E-state index is 13.3. The predicted octanol–water partition coefficient (Wildman–Crippen LogP) is 5.33. The van der Waals surface area contributed by atoms with Crippen LogP contribution in [-0.2, 0) is 34.4 Å². The summed E-state index contributed by atoms with van der Waals surface area (Å²) in [5, 5.41) is 20.2. The van der Waals surface area contributed by atoms with Crippen LogP contribution < -0.4 is 9.64 Å². The van der Waals surface area contributed by atoms with Crippen molar-refractivity contribution in [2.24, 2.45) is 0 Å². The molecule has 4 heterocycles. The van der Waals surface area contributed by atoms with Crippen LogP contribution in [0, 0.1) is 0 Å². The highest BCUT2D eigenvalue weighted by Gasteiger charge is 2.55. The first-order valence-electron chi connectivity index (χ1n) is 12.6. The van der Waals surface area contributed by atoms with Gasteiger partial charge in [0.05, 0.1) is 5.56 Å². The molecule has 0 amide bonds. The van der Waals surface area contributed by atoms with Crippen LogP contribution in [0.4, 0.5) is 5.69 Å². The van der Waals surface area contributed by atoms with Crippen molar-refractivity contribution in [2.75, 3.05) is 18.0 Å². The van der Waals surface area contributed by atoms with Crippen molar-refractivity contribution < 1.29 is 29.3 Å². The number of phenolic OH excluding ortho intramolecular Hbond substituents is 1. The van der Waals surface area contributed by atoms with Crippen LogP contribution in [0.5, 0.6) is 17.2 Å². The van der Waals surface area contributed by atoms with E-state index in [0.29, 0.717) is 28.0 Å². The lowest BCUT2D eigenvalue weighted by Gasteiger charge is -2.43. The molecule has 4 aliphatic rings. The summed E-state index contributed by atoms with van der Waals surface area (Å²) in [6.45, 7) is 1.99. The number of aryl methyl sites for hydroxylation is 2. The number of anilines is 1. The number of halogens is 1. The van der Waals surface area contributed by atoms with Gasteiger partial charge >= 0.3 is 11.9 Å². The number of carboxylic acid groups (broad SMARTS) is 1. The number of phenols is 1. The number of hydrogen-bond donors (Lipinski definition) is 2. The van der Waals surface area contributed by atoms with Crippen LogP contribution in [0.25, 0.3) is 0 Å². The summed E-state index contributed by atoms with van der Waals surface area (Å²) in [6.07, 6.45) is 3.66. The fourth-order valence-corrected chi connectivity index (χ4v) is 6.80. The van der Waals surface area contributed by atoms with E-state index in [0.717, 1.165) is 49.9 Å². The Morgan fingerprint density at radius 1 is 1.05 bits per heavy atom. The molecule has 3 aromatic carbocycles. The van der Waals surface area contributed by atoms with E-state index < -0.39 is 17.5 Å². The molecule has 8 heteroatoms. The Bertz CT molecular complexity index is 1530. The first-order valence-corrected chi connectivity index (χ1v) is 13.0. The fourth-order valence-electron chi connectivity index (χ4n) is 6.54. The molecule has 1 atom stereocenters. The number of rotatable bonds is 3. The van der Waals surface area contributed by atoms with Gasteiger partial charge in [0.15, 0.2) is 11.4 Å². The molecule has 37 heavy (non-hydrogen) atoms. The van der Waals surface area contributed by atoms with E-state index in [1.807, 2.05) is 12.1 Å². The maximum absolute atomic E-state index is 13.3. The molecule has 0 aliphatic carbocycles. The average Bonchev–Trinajstić information content (AvgIpc) is 3.20. The number of aliphatic carboxylic acids is 1. The van der Waals surface area contributed by atoms with Crippen molar-refractivity contribution in [1.82, 2.24) is 0 Å². The zero-order valence-electron chi connectivity index (χ0n) is 20.0. The van der Waals surface area contributed by atoms with Gasteiger partial charge in [0.2, 0.25) is 0 Å². The number of benzene rings is 3. The average molecular weight is 518 g/mol. The molecule has 0 saturated carbocycles. The minimum absolute atomic E-state index is 0.0130. The minimum atomic E-state index is -1.32. The number of fused-ring (bicyclic) bond motifs is 7. The highest BCUT2D eigenvalue weighted by atomic mass is 35.5. The number of aromatic hydroxyl groups is 1. The third kappa shape index (κ3) is 3.01. The predicted molar refractivity (Wildman–Crippen MR) is 136 cm³/mol. The Labute approximate surface area is 218 Å². The molecule has 0 aromatic heterocycles. The molecule has 7 rings (SSSR count). The van der Waals surface area contributed by atoms with E-state index in [9.17, 15) is 19.8 Å². The molecule has 1 unspecified atom stereocenters. The largest absolute Gasteiger partial charge is 0.506 e. The summed E-state index contributed by atoms with van der Waals surface area (Å²) in [5.74, 6) is -0.788. The van der Waals surface area contributed by atoms with Crippen LogP contribution in [0.15, 0.2) is 36.4 Å². The molecule has 0 fully saturated rings. The van der Waals surface area contributed by atoms with E-state index in [4.69, 9.17) is 21.1 Å². The van der Waals surface area contributed by atoms with Gasteiger partial charge in [-0.1, -0.05) is 29.8 Å². The summed E-state index contributed by atoms with van der Waals surface area (Å²) in [5.41, 5.74) is 4.93. The number of carboxylic acids is 1. The van der Waals surface area contributed by atoms with Crippen LogP contribution in [-0.4, -0.2) is 35.2 Å². The van der Waals surface area contributed by atoms with E-state index in [-0.39, 0.29) is 29.4 Å². The first-order chi connectivity index (χ1) is 17.9. The van der Waals surface area contributed by atoms with Crippen molar-refractivity contribution in [3.8, 4) is 17.2 Å². The SMILES string of the molecule is O=C(O)CCc1cc2c(c(Cl)c1O)Oc1c(cc3c4c1CCCN4CCC3)C21OC(=O)c2ccccc21. The van der Waals surface area contributed by atoms with Gasteiger partial charge in [0, 0.05) is 47.5 Å². The minimum Gasteiger partial charge on any atom is -0.506 e. The van der Waals surface area contributed by atoms with Gasteiger partial charge in [-0.05, 0) is 61.4 Å². The molecule has 1 spiro atoms. The Morgan fingerprint density at radius 2 is 1.81 bits per heavy atom. The maximum Gasteiger partial charge on any atom is 0.340 e. The van der Waals surface area contributed by atoms with Crippen molar-refractivity contribution in [3.63, 3.8) is 0 Å². The Balaban J connectivity index is 1.56. The molecular weight excluding hydrogens is 494 g/mol. The summed E-state index contributed by atoms with van der Waals surface area (Å²) >= 11 is 6.73. The third-order valence-corrected chi connectivity index (χ3v) is 8.44. The van der Waals surface area contributed by atoms with Gasteiger partial charge in [-0.3, -0.25) is 4.79 Å². The Kier molecular flexibility index (Phi) is 4.80. The van der Waals surface area contributed by atoms with Gasteiger partial charge in [-0.15, -0.1) is 0 Å². The monoisotopic (exact) mass is 517 g/mol. The second kappa shape index (κ2) is 7.89. The molecule has 7 nitrogen and oxygen atoms in total. The van der Waals surface area contributed by atoms with E-state index >= 15 is 0 Å². The molecule has 188 valence electrons. The highest BCUT2D eigenvalue weighted by molar-refractivity contribution is 6.34. The van der Waals surface area contributed by atoms with Crippen LogP contribution in [0.3, 0.4) is 0 Å². The smallest absolute Gasteiger partial charge is 0.340 e. The Hall–Kier alpha value is -3.71. The Morgan fingerprint density at radius 3 is 2.62 bits per heavy atom. The summed E-state index contributed by atoms with van der Waals surface area (Å²) in [7, 11) is 0. The molecule has 0 saturated heterocycles. The standard InChI is InChI=1S/C29H24ClNO6/c30-23-25(34)16(9-10-22(32)33)14-21-27(23)36-26-18-7-4-12-31-11-3-5-15(24(18)31)13-20(26)29(21)19-8-2-1-6-17(19)28(35)37-29/h1-2,6,8,13-14,34H,3-5,7,9-12H2,(H,32,33). The van der Waals surface area contributed by atoms with Crippen molar-refractivity contribution >= 4 is 29.2 Å². The molecule has 0 bridgehead atoms. The van der Waals surface area contributed by atoms with Crippen LogP contribution in [0.1, 0.15) is 63.0 Å². The number of carbonyl (C=O) groups is 2. The fraction of sp³-hybridized carbons (Fsp3) is 0.310. The quantitative estimate of drug-likeness (QED) is 0.453. The van der Waals surface area contributed by atoms with Gasteiger partial charge in [-0.25, -0.2) is 4.79 Å². The highest BCUT2D eigenvalue weighted by Crippen LogP contribution is 2.61. The van der Waals surface area contributed by atoms with Gasteiger partial charge in [-0.2, -0.15) is 0 Å². The molecule has 4 aliphatic heterocycles. The van der Waals surface area contributed by atoms with Crippen LogP contribution >= 0.6 is 11.6 Å². The van der Waals surface area contributed by atoms with E-state index in [2.05, 4.69) is 11.0 Å². The lowest BCUT2D eigenvalue weighted by atomic mass is 9.74. The van der Waals surface area contributed by atoms with Crippen LogP contribution in [0.2, 0.25) is 5.02 Å². The van der Waals surface area contributed by atoms with Crippen molar-refractivity contribution in [3.05, 3.63) is 80.4 Å². The lowest BCUT2D eigenvalue weighted by Crippen LogP contribution is -2.38. The zero-order chi connectivity index (χ0) is 25.5. The number of esters is 1. The summed E-state index contributed by atoms with van der Waals surface area (Å²) in [6, 6.07) is 11.1. The van der Waals surface area contributed by atoms with Gasteiger partial charge in [0.25, 0.3) is 0 Å². The number of nitrogens with zero attached hydrogens (tertiary/aromatic N) is 1. The topological polar surface area (TPSA) is 96.3 Å². The lowest BCUT2D eigenvalue weighted by molar-refractivity contribution is -0.136. The zero-order valence-corrected chi connectivity index (χ0v) is 20.7. The summed E-state index contributed by atoms with van der Waals surface area (Å²) < 4.78 is 12.9. The van der Waals surface area contributed by atoms with Gasteiger partial charge < -0.3 is 24.6 Å². The van der Waals surface area contributed by atoms with Crippen molar-refractivity contribution in [1.29, 1.82) is 0 Å². The van der Waals surface area contributed by atoms with Gasteiger partial charge in [0.1, 0.15) is 16.5 Å². The second-order valence-electron chi connectivity index (χ2n) is 10.1. The number of carbonyl (C=O) groups excluding carboxylic acids is 1. The normalized spacial score (nSPS) is 20.5.